The maximum atomic E-state index is 12.0. The molecule has 1 heterocycles. The van der Waals surface area contributed by atoms with E-state index in [1.165, 1.54) is 23.1 Å². The van der Waals surface area contributed by atoms with E-state index in [-0.39, 0.29) is 11.7 Å². The number of nitrogens with one attached hydrogen (secondary N) is 3. The second-order valence-corrected chi connectivity index (χ2v) is 7.72. The van der Waals surface area contributed by atoms with E-state index in [9.17, 15) is 9.59 Å². The summed E-state index contributed by atoms with van der Waals surface area (Å²) in [4.78, 5) is 24.0. The Kier molecular flexibility index (Phi) is 6.39. The molecule has 7 nitrogen and oxygen atoms in total. The Hall–Kier alpha value is -2.91. The maximum absolute atomic E-state index is 12.0. The average Bonchev–Trinajstić information content (AvgIpc) is 3.08. The van der Waals surface area contributed by atoms with Gasteiger partial charge in [-0.3, -0.25) is 10.1 Å². The van der Waals surface area contributed by atoms with Crippen molar-refractivity contribution in [2.45, 2.75) is 11.3 Å². The Balaban J connectivity index is 1.46. The van der Waals surface area contributed by atoms with E-state index in [2.05, 4.69) is 26.1 Å². The van der Waals surface area contributed by atoms with E-state index >= 15 is 0 Å². The van der Waals surface area contributed by atoms with Crippen molar-refractivity contribution in [2.24, 2.45) is 0 Å². The molecule has 3 amide bonds. The van der Waals surface area contributed by atoms with Crippen molar-refractivity contribution in [3.8, 4) is 0 Å². The van der Waals surface area contributed by atoms with Crippen LogP contribution in [0.3, 0.4) is 0 Å². The highest BCUT2D eigenvalue weighted by atomic mass is 32.2. The van der Waals surface area contributed by atoms with Gasteiger partial charge in [-0.15, -0.1) is 10.2 Å². The number of para-hydroxylation sites is 1. The summed E-state index contributed by atoms with van der Waals surface area (Å²) < 4.78 is 0.601. The quantitative estimate of drug-likeness (QED) is 0.426. The van der Waals surface area contributed by atoms with Gasteiger partial charge in [0.25, 0.3) is 0 Å². The molecule has 0 aliphatic carbocycles. The summed E-state index contributed by atoms with van der Waals surface area (Å²) in [6.45, 7) is 1.97. The number of benzene rings is 2. The van der Waals surface area contributed by atoms with Gasteiger partial charge in [0, 0.05) is 11.4 Å². The standard InChI is InChI=1S/C18H17N5O2S2/c1-12-6-5-9-14(10-12)19-15(24)11-26-18-23-22-17(27-18)21-16(25)20-13-7-3-2-4-8-13/h2-10H,11H2,1H3,(H,19,24)(H2,20,21,22,25). The fraction of sp³-hybridized carbons (Fsp3) is 0.111. The van der Waals surface area contributed by atoms with Gasteiger partial charge in [0.05, 0.1) is 5.75 Å². The first-order valence-electron chi connectivity index (χ1n) is 8.04. The Morgan fingerprint density at radius 1 is 0.963 bits per heavy atom. The molecule has 0 bridgehead atoms. The van der Waals surface area contributed by atoms with Gasteiger partial charge in [-0.25, -0.2) is 4.79 Å². The lowest BCUT2D eigenvalue weighted by Crippen LogP contribution is -2.19. The molecule has 0 fully saturated rings. The topological polar surface area (TPSA) is 96.0 Å². The number of amides is 3. The van der Waals surface area contributed by atoms with E-state index < -0.39 is 6.03 Å². The van der Waals surface area contributed by atoms with E-state index in [0.717, 1.165) is 11.3 Å². The number of carbonyl (C=O) groups excluding carboxylic acids is 2. The van der Waals surface area contributed by atoms with E-state index in [4.69, 9.17) is 0 Å². The average molecular weight is 400 g/mol. The first-order chi connectivity index (χ1) is 13.1. The van der Waals surface area contributed by atoms with Crippen molar-refractivity contribution < 1.29 is 9.59 Å². The summed E-state index contributed by atoms with van der Waals surface area (Å²) in [7, 11) is 0. The fourth-order valence-electron chi connectivity index (χ4n) is 2.15. The summed E-state index contributed by atoms with van der Waals surface area (Å²) in [5.41, 5.74) is 2.52. The zero-order valence-electron chi connectivity index (χ0n) is 14.4. The second kappa shape index (κ2) is 9.15. The van der Waals surface area contributed by atoms with Gasteiger partial charge in [-0.1, -0.05) is 53.4 Å². The molecular weight excluding hydrogens is 382 g/mol. The van der Waals surface area contributed by atoms with Gasteiger partial charge in [0.2, 0.25) is 11.0 Å². The number of thioether (sulfide) groups is 1. The minimum absolute atomic E-state index is 0.128. The number of carbonyl (C=O) groups is 2. The van der Waals surface area contributed by atoms with Crippen LogP contribution in [0.2, 0.25) is 0 Å². The van der Waals surface area contributed by atoms with Crippen LogP contribution in [0, 0.1) is 6.92 Å². The largest absolute Gasteiger partial charge is 0.325 e. The summed E-state index contributed by atoms with van der Waals surface area (Å²) in [6.07, 6.45) is 0. The zero-order valence-corrected chi connectivity index (χ0v) is 16.1. The zero-order chi connectivity index (χ0) is 19.1. The number of anilines is 3. The Bertz CT molecular complexity index is 930. The Morgan fingerprint density at radius 3 is 2.52 bits per heavy atom. The number of hydrogen-bond donors (Lipinski definition) is 3. The SMILES string of the molecule is Cc1cccc(NC(=O)CSc2nnc(NC(=O)Nc3ccccc3)s2)c1. The van der Waals surface area contributed by atoms with Crippen molar-refractivity contribution in [1.29, 1.82) is 0 Å². The molecule has 0 unspecified atom stereocenters. The highest BCUT2D eigenvalue weighted by Gasteiger charge is 2.11. The van der Waals surface area contributed by atoms with Crippen LogP contribution in [-0.4, -0.2) is 27.9 Å². The van der Waals surface area contributed by atoms with Gasteiger partial charge < -0.3 is 10.6 Å². The molecule has 2 aromatic carbocycles. The van der Waals surface area contributed by atoms with Crippen LogP contribution in [0.1, 0.15) is 5.56 Å². The lowest BCUT2D eigenvalue weighted by molar-refractivity contribution is -0.113. The van der Waals surface area contributed by atoms with Crippen LogP contribution in [0.4, 0.5) is 21.3 Å². The molecule has 0 spiro atoms. The highest BCUT2D eigenvalue weighted by molar-refractivity contribution is 8.01. The molecule has 0 aliphatic heterocycles. The molecule has 3 aromatic rings. The Labute approximate surface area is 164 Å². The van der Waals surface area contributed by atoms with E-state index in [1.54, 1.807) is 12.1 Å². The number of nitrogens with zero attached hydrogens (tertiary/aromatic N) is 2. The van der Waals surface area contributed by atoms with Crippen molar-refractivity contribution in [2.75, 3.05) is 21.7 Å². The van der Waals surface area contributed by atoms with Crippen LogP contribution >= 0.6 is 23.1 Å². The van der Waals surface area contributed by atoms with Gasteiger partial charge in [-0.2, -0.15) is 0 Å². The first kappa shape index (κ1) is 18.9. The number of rotatable bonds is 6. The normalized spacial score (nSPS) is 10.3. The third kappa shape index (κ3) is 6.08. The van der Waals surface area contributed by atoms with Crippen LogP contribution in [0.25, 0.3) is 0 Å². The predicted octanol–water partition coefficient (Wildman–Crippen LogP) is 4.22. The first-order valence-corrected chi connectivity index (χ1v) is 9.84. The molecule has 0 atom stereocenters. The molecule has 3 rings (SSSR count). The summed E-state index contributed by atoms with van der Waals surface area (Å²) in [5.74, 6) is 0.0795. The molecule has 138 valence electrons. The molecule has 9 heteroatoms. The molecule has 3 N–H and O–H groups in total. The molecule has 1 aromatic heterocycles. The summed E-state index contributed by atoms with van der Waals surface area (Å²) >= 11 is 2.48. The molecular formula is C18H17N5O2S2. The smallest absolute Gasteiger partial charge is 0.325 e. The fourth-order valence-corrected chi connectivity index (χ4v) is 3.69. The van der Waals surface area contributed by atoms with Crippen LogP contribution in [-0.2, 0) is 4.79 Å². The lowest BCUT2D eigenvalue weighted by Gasteiger charge is -2.04. The third-order valence-electron chi connectivity index (χ3n) is 3.29. The monoisotopic (exact) mass is 399 g/mol. The van der Waals surface area contributed by atoms with E-state index in [1.807, 2.05) is 49.4 Å². The van der Waals surface area contributed by atoms with Crippen LogP contribution in [0.15, 0.2) is 58.9 Å². The van der Waals surface area contributed by atoms with Gasteiger partial charge in [0.15, 0.2) is 4.34 Å². The summed E-state index contributed by atoms with van der Waals surface area (Å²) in [5, 5.41) is 16.4. The van der Waals surface area contributed by atoms with Crippen molar-refractivity contribution in [3.05, 3.63) is 60.2 Å². The lowest BCUT2D eigenvalue weighted by atomic mass is 10.2. The van der Waals surface area contributed by atoms with Crippen LogP contribution < -0.4 is 16.0 Å². The number of aromatic nitrogens is 2. The second-order valence-electron chi connectivity index (χ2n) is 5.52. The molecule has 27 heavy (non-hydrogen) atoms. The minimum Gasteiger partial charge on any atom is -0.325 e. The molecule has 0 aliphatic rings. The van der Waals surface area contributed by atoms with Crippen molar-refractivity contribution in [3.63, 3.8) is 0 Å². The highest BCUT2D eigenvalue weighted by Crippen LogP contribution is 2.25. The van der Waals surface area contributed by atoms with E-state index in [0.29, 0.717) is 15.2 Å². The minimum atomic E-state index is -0.397. The number of urea groups is 1. The van der Waals surface area contributed by atoms with Gasteiger partial charge >= 0.3 is 6.03 Å². The molecule has 0 saturated carbocycles. The third-order valence-corrected chi connectivity index (χ3v) is 5.26. The summed E-state index contributed by atoms with van der Waals surface area (Å²) in [6, 6.07) is 16.3. The Morgan fingerprint density at radius 2 is 1.74 bits per heavy atom. The number of aryl methyl sites for hydroxylation is 1. The maximum Gasteiger partial charge on any atom is 0.325 e. The van der Waals surface area contributed by atoms with Crippen LogP contribution in [0.5, 0.6) is 0 Å². The van der Waals surface area contributed by atoms with Crippen molar-refractivity contribution in [1.82, 2.24) is 10.2 Å². The number of hydrogen-bond acceptors (Lipinski definition) is 6. The molecule has 0 saturated heterocycles. The van der Waals surface area contributed by atoms with Gasteiger partial charge in [-0.05, 0) is 36.8 Å². The van der Waals surface area contributed by atoms with Gasteiger partial charge in [0.1, 0.15) is 0 Å². The van der Waals surface area contributed by atoms with Crippen molar-refractivity contribution >= 4 is 51.5 Å². The molecule has 0 radical (unpaired) electrons. The predicted molar refractivity (Wildman–Crippen MR) is 110 cm³/mol.